The van der Waals surface area contributed by atoms with Gasteiger partial charge in [0.2, 0.25) is 17.7 Å². The minimum Gasteiger partial charge on any atom is -0.395 e. The van der Waals surface area contributed by atoms with Crippen LogP contribution < -0.4 is 4.90 Å². The Morgan fingerprint density at radius 2 is 1.69 bits per heavy atom. The Hall–Kier alpha value is -3.75. The van der Waals surface area contributed by atoms with E-state index in [1.165, 1.54) is 4.90 Å². The van der Waals surface area contributed by atoms with Crippen LogP contribution in [0.1, 0.15) is 18.4 Å². The van der Waals surface area contributed by atoms with Crippen LogP contribution in [0.2, 0.25) is 0 Å². The molecule has 2 aromatic rings. The fourth-order valence-corrected chi connectivity index (χ4v) is 6.67. The second-order valence-electron chi connectivity index (χ2n) is 10.4. The zero-order chi connectivity index (χ0) is 27.6. The molecule has 0 aliphatic carbocycles. The van der Waals surface area contributed by atoms with Gasteiger partial charge in [-0.2, -0.15) is 0 Å². The average Bonchev–Trinajstić information content (AvgIpc) is 3.60. The summed E-state index contributed by atoms with van der Waals surface area (Å²) >= 11 is 0. The number of hydrogen-bond acceptors (Lipinski definition) is 5. The van der Waals surface area contributed by atoms with Gasteiger partial charge in [-0.25, -0.2) is 0 Å². The number of ether oxygens (including phenoxy) is 1. The summed E-state index contributed by atoms with van der Waals surface area (Å²) in [6, 6.07) is 18.0. The molecule has 39 heavy (non-hydrogen) atoms. The summed E-state index contributed by atoms with van der Waals surface area (Å²) in [5.74, 6) is -2.32. The van der Waals surface area contributed by atoms with Gasteiger partial charge in [-0.1, -0.05) is 60.7 Å². The van der Waals surface area contributed by atoms with Crippen molar-refractivity contribution in [2.24, 2.45) is 11.8 Å². The van der Waals surface area contributed by atoms with Crippen LogP contribution in [-0.2, 0) is 25.7 Å². The highest BCUT2D eigenvalue weighted by atomic mass is 16.5. The molecule has 3 aliphatic heterocycles. The summed E-state index contributed by atoms with van der Waals surface area (Å²) in [7, 11) is 0. The minimum absolute atomic E-state index is 0.00918. The number of carbonyl (C=O) groups is 3. The molecule has 1 N–H and O–H groups in total. The number of benzene rings is 2. The third-order valence-corrected chi connectivity index (χ3v) is 8.18. The quantitative estimate of drug-likeness (QED) is 0.452. The number of likely N-dealkylation sites (tertiary alicyclic amines) is 1. The molecule has 2 aromatic carbocycles. The lowest BCUT2D eigenvalue weighted by molar-refractivity contribution is -0.148. The van der Waals surface area contributed by atoms with Gasteiger partial charge >= 0.3 is 0 Å². The highest BCUT2D eigenvalue weighted by Gasteiger charge is 2.74. The Kier molecular flexibility index (Phi) is 7.68. The van der Waals surface area contributed by atoms with Crippen molar-refractivity contribution in [3.8, 4) is 0 Å². The van der Waals surface area contributed by atoms with Crippen LogP contribution in [0.15, 0.2) is 86.0 Å². The Morgan fingerprint density at radius 3 is 2.33 bits per heavy atom. The molecule has 5 rings (SSSR count). The van der Waals surface area contributed by atoms with Gasteiger partial charge in [0.05, 0.1) is 24.5 Å². The Labute approximate surface area is 229 Å². The van der Waals surface area contributed by atoms with Crippen molar-refractivity contribution in [1.29, 1.82) is 0 Å². The van der Waals surface area contributed by atoms with Gasteiger partial charge in [-0.3, -0.25) is 14.4 Å². The van der Waals surface area contributed by atoms with E-state index in [1.54, 1.807) is 22.0 Å². The largest absolute Gasteiger partial charge is 0.395 e. The van der Waals surface area contributed by atoms with E-state index in [1.807, 2.05) is 60.7 Å². The SMILES string of the molecule is C=CCN(Cc1ccccc1)C(=O)C1N(CCO)C(=O)[C@@H]2[C@H](C(=O)N(CC=C)c3ccccc3)[C@@H]3CCC12O3. The number of aliphatic hydroxyl groups is 1. The van der Waals surface area contributed by atoms with E-state index in [0.717, 1.165) is 5.56 Å². The van der Waals surface area contributed by atoms with Crippen molar-refractivity contribution < 1.29 is 24.2 Å². The van der Waals surface area contributed by atoms with Crippen LogP contribution in [0.5, 0.6) is 0 Å². The van der Waals surface area contributed by atoms with Crippen LogP contribution in [0, 0.1) is 11.8 Å². The predicted molar refractivity (Wildman–Crippen MR) is 147 cm³/mol. The van der Waals surface area contributed by atoms with Gasteiger partial charge in [-0.15, -0.1) is 13.2 Å². The van der Waals surface area contributed by atoms with E-state index in [4.69, 9.17) is 4.74 Å². The number of para-hydroxylation sites is 1. The van der Waals surface area contributed by atoms with Gasteiger partial charge in [0.1, 0.15) is 11.6 Å². The lowest BCUT2D eigenvalue weighted by atomic mass is 9.70. The molecule has 0 radical (unpaired) electrons. The van der Waals surface area contributed by atoms with Gasteiger partial charge < -0.3 is 24.5 Å². The van der Waals surface area contributed by atoms with Gasteiger partial charge in [0.25, 0.3) is 0 Å². The van der Waals surface area contributed by atoms with Crippen LogP contribution in [0.3, 0.4) is 0 Å². The molecule has 2 unspecified atom stereocenters. The maximum absolute atomic E-state index is 14.2. The Bertz CT molecular complexity index is 1240. The molecule has 0 saturated carbocycles. The number of aliphatic hydroxyl groups excluding tert-OH is 1. The molecule has 204 valence electrons. The third kappa shape index (κ3) is 4.57. The molecule has 3 amide bonds. The number of hydrogen-bond donors (Lipinski definition) is 1. The number of fused-ring (bicyclic) bond motifs is 1. The fraction of sp³-hybridized carbons (Fsp3) is 0.387. The van der Waals surface area contributed by atoms with Crippen molar-refractivity contribution in [3.63, 3.8) is 0 Å². The summed E-state index contributed by atoms with van der Waals surface area (Å²) < 4.78 is 6.55. The second kappa shape index (κ2) is 11.2. The topological polar surface area (TPSA) is 90.4 Å². The molecule has 3 fully saturated rings. The van der Waals surface area contributed by atoms with E-state index in [2.05, 4.69) is 13.2 Å². The highest BCUT2D eigenvalue weighted by molar-refractivity contribution is 6.03. The summed E-state index contributed by atoms with van der Waals surface area (Å²) in [6.45, 7) is 8.26. The first-order valence-electron chi connectivity index (χ1n) is 13.5. The maximum Gasteiger partial charge on any atom is 0.248 e. The lowest BCUT2D eigenvalue weighted by Crippen LogP contribution is -2.56. The summed E-state index contributed by atoms with van der Waals surface area (Å²) in [6.07, 6.45) is 3.93. The van der Waals surface area contributed by atoms with Crippen molar-refractivity contribution in [2.45, 2.75) is 37.1 Å². The number of carbonyl (C=O) groups excluding carboxylic acids is 3. The number of nitrogens with zero attached hydrogens (tertiary/aromatic N) is 3. The van der Waals surface area contributed by atoms with Crippen molar-refractivity contribution in [3.05, 3.63) is 91.5 Å². The maximum atomic E-state index is 14.2. The first kappa shape index (κ1) is 26.8. The molecule has 0 aromatic heterocycles. The minimum atomic E-state index is -1.12. The smallest absolute Gasteiger partial charge is 0.248 e. The number of anilines is 1. The Balaban J connectivity index is 1.50. The molecule has 2 bridgehead atoms. The van der Waals surface area contributed by atoms with E-state index < -0.39 is 29.6 Å². The zero-order valence-corrected chi connectivity index (χ0v) is 22.0. The van der Waals surface area contributed by atoms with Crippen LogP contribution >= 0.6 is 0 Å². The normalized spacial score (nSPS) is 26.8. The fourth-order valence-electron chi connectivity index (χ4n) is 6.67. The molecular formula is C31H35N3O5. The standard InChI is InChI=1S/C31H35N3O5/c1-3-17-32(21-22-11-7-5-8-12-22)30(38)27-31-16-15-24(39-31)25(26(31)29(37)34(27)19-20-35)28(36)33(18-4-2)23-13-9-6-10-14-23/h3-14,24-27,35H,1-2,15-21H2/t24-,25+,26-,27?,31?/m0/s1. The zero-order valence-electron chi connectivity index (χ0n) is 22.0. The molecule has 8 heteroatoms. The van der Waals surface area contributed by atoms with E-state index in [9.17, 15) is 19.5 Å². The summed E-state index contributed by atoms with van der Waals surface area (Å²) in [4.78, 5) is 47.1. The van der Waals surface area contributed by atoms with Gasteiger partial charge in [-0.05, 0) is 30.5 Å². The van der Waals surface area contributed by atoms with E-state index >= 15 is 0 Å². The average molecular weight is 530 g/mol. The van der Waals surface area contributed by atoms with Crippen molar-refractivity contribution >= 4 is 23.4 Å². The van der Waals surface area contributed by atoms with Gasteiger partial charge in [0, 0.05) is 31.9 Å². The van der Waals surface area contributed by atoms with Crippen molar-refractivity contribution in [1.82, 2.24) is 9.80 Å². The monoisotopic (exact) mass is 529 g/mol. The first-order valence-corrected chi connectivity index (χ1v) is 13.5. The molecule has 3 saturated heterocycles. The van der Waals surface area contributed by atoms with E-state index in [0.29, 0.717) is 31.6 Å². The highest BCUT2D eigenvalue weighted by Crippen LogP contribution is 2.59. The molecule has 3 heterocycles. The Morgan fingerprint density at radius 1 is 1.03 bits per heavy atom. The molecule has 3 aliphatic rings. The van der Waals surface area contributed by atoms with Crippen LogP contribution in [0.25, 0.3) is 0 Å². The molecule has 5 atom stereocenters. The second-order valence-corrected chi connectivity index (χ2v) is 10.4. The van der Waals surface area contributed by atoms with Crippen LogP contribution in [-0.4, -0.2) is 76.6 Å². The summed E-state index contributed by atoms with van der Waals surface area (Å²) in [5, 5.41) is 9.87. The van der Waals surface area contributed by atoms with Gasteiger partial charge in [0.15, 0.2) is 0 Å². The molecular weight excluding hydrogens is 494 g/mol. The number of amides is 3. The van der Waals surface area contributed by atoms with E-state index in [-0.39, 0.29) is 37.4 Å². The summed E-state index contributed by atoms with van der Waals surface area (Å²) in [5.41, 5.74) is 0.540. The lowest BCUT2D eigenvalue weighted by Gasteiger charge is -2.37. The molecule has 8 nitrogen and oxygen atoms in total. The number of β-amino-alcohol motifs (C(OH)–C–C–N with tert-alkyl or cyclic N) is 1. The van der Waals surface area contributed by atoms with Crippen LogP contribution in [0.4, 0.5) is 5.69 Å². The number of rotatable bonds is 11. The van der Waals surface area contributed by atoms with Crippen molar-refractivity contribution in [2.75, 3.05) is 31.1 Å². The first-order chi connectivity index (χ1) is 19.0. The predicted octanol–water partition coefficient (Wildman–Crippen LogP) is 2.79. The molecule has 1 spiro atoms. The third-order valence-electron chi connectivity index (χ3n) is 8.18.